The Morgan fingerprint density at radius 2 is 2.11 bits per heavy atom. The molecule has 5 aromatic rings. The lowest BCUT2D eigenvalue weighted by atomic mass is 10.0. The summed E-state index contributed by atoms with van der Waals surface area (Å²) < 4.78 is 21.8. The SMILES string of the molecule is Cc1cc(F)c([N+](=O)[O-])cc1Nc1ncc(-c2ncco2)c(-c2cn3c4c(cccc24)CCC3)n1. The van der Waals surface area contributed by atoms with E-state index in [1.807, 2.05) is 6.07 Å². The molecule has 1 N–H and O–H groups in total. The van der Waals surface area contributed by atoms with Gasteiger partial charge < -0.3 is 14.3 Å². The summed E-state index contributed by atoms with van der Waals surface area (Å²) in [5.74, 6) is -0.300. The predicted octanol–water partition coefficient (Wildman–Crippen LogP) is 5.80. The van der Waals surface area contributed by atoms with Crippen LogP contribution < -0.4 is 5.32 Å². The number of para-hydroxylation sites is 1. The first-order valence-electron chi connectivity index (χ1n) is 11.1. The Hall–Kier alpha value is -4.60. The van der Waals surface area contributed by atoms with Gasteiger partial charge in [0.05, 0.1) is 33.6 Å². The van der Waals surface area contributed by atoms with E-state index in [0.717, 1.165) is 42.5 Å². The molecule has 174 valence electrons. The summed E-state index contributed by atoms with van der Waals surface area (Å²) in [7, 11) is 0. The van der Waals surface area contributed by atoms with Crippen LogP contribution in [0.3, 0.4) is 0 Å². The number of hydrogen-bond donors (Lipinski definition) is 1. The molecule has 4 heterocycles. The van der Waals surface area contributed by atoms with E-state index in [-0.39, 0.29) is 5.95 Å². The highest BCUT2D eigenvalue weighted by Crippen LogP contribution is 2.39. The zero-order chi connectivity index (χ0) is 24.1. The number of nitro groups is 1. The van der Waals surface area contributed by atoms with E-state index < -0.39 is 16.4 Å². The number of oxazole rings is 1. The number of nitrogens with zero attached hydrogens (tertiary/aromatic N) is 5. The van der Waals surface area contributed by atoms with Crippen LogP contribution in [0.5, 0.6) is 0 Å². The van der Waals surface area contributed by atoms with Gasteiger partial charge in [-0.05, 0) is 37.0 Å². The summed E-state index contributed by atoms with van der Waals surface area (Å²) in [5, 5.41) is 15.3. The third-order valence-corrected chi connectivity index (χ3v) is 6.27. The second kappa shape index (κ2) is 8.01. The van der Waals surface area contributed by atoms with E-state index >= 15 is 0 Å². The third-order valence-electron chi connectivity index (χ3n) is 6.27. The summed E-state index contributed by atoms with van der Waals surface area (Å²) in [6.45, 7) is 2.57. The molecule has 0 bridgehead atoms. The minimum atomic E-state index is -0.895. The van der Waals surface area contributed by atoms with Crippen LogP contribution in [-0.4, -0.2) is 24.4 Å². The van der Waals surface area contributed by atoms with Crippen LogP contribution in [-0.2, 0) is 13.0 Å². The molecule has 9 nitrogen and oxygen atoms in total. The Morgan fingerprint density at radius 1 is 1.23 bits per heavy atom. The lowest BCUT2D eigenvalue weighted by Crippen LogP contribution is -2.05. The number of rotatable bonds is 5. The molecule has 1 aliphatic rings. The highest BCUT2D eigenvalue weighted by Gasteiger charge is 2.23. The van der Waals surface area contributed by atoms with Crippen LogP contribution in [0.25, 0.3) is 33.6 Å². The Labute approximate surface area is 198 Å². The number of nitrogens with one attached hydrogen (secondary N) is 1. The zero-order valence-electron chi connectivity index (χ0n) is 18.7. The first-order chi connectivity index (χ1) is 17.0. The van der Waals surface area contributed by atoms with E-state index in [0.29, 0.717) is 28.4 Å². The lowest BCUT2D eigenvalue weighted by molar-refractivity contribution is -0.387. The van der Waals surface area contributed by atoms with Gasteiger partial charge in [0.1, 0.15) is 6.26 Å². The molecule has 0 spiro atoms. The molecule has 2 aromatic carbocycles. The Balaban J connectivity index is 1.52. The van der Waals surface area contributed by atoms with Crippen molar-refractivity contribution in [2.45, 2.75) is 26.3 Å². The van der Waals surface area contributed by atoms with Crippen molar-refractivity contribution in [1.29, 1.82) is 0 Å². The second-order valence-corrected chi connectivity index (χ2v) is 8.45. The van der Waals surface area contributed by atoms with Gasteiger partial charge in [-0.3, -0.25) is 10.1 Å². The molecular formula is C25H19FN6O3. The highest BCUT2D eigenvalue weighted by atomic mass is 19.1. The normalized spacial score (nSPS) is 12.7. The van der Waals surface area contributed by atoms with Crippen molar-refractivity contribution in [3.05, 3.63) is 82.2 Å². The van der Waals surface area contributed by atoms with Crippen molar-refractivity contribution in [1.82, 2.24) is 19.5 Å². The quantitative estimate of drug-likeness (QED) is 0.255. The maximum Gasteiger partial charge on any atom is 0.306 e. The first-order valence-corrected chi connectivity index (χ1v) is 11.1. The Bertz CT molecular complexity index is 1610. The first kappa shape index (κ1) is 21.0. The fraction of sp³-hybridized carbons (Fsp3) is 0.160. The van der Waals surface area contributed by atoms with Crippen molar-refractivity contribution in [3.8, 4) is 22.7 Å². The smallest absolute Gasteiger partial charge is 0.306 e. The molecular weight excluding hydrogens is 451 g/mol. The lowest BCUT2D eigenvalue weighted by Gasteiger charge is -2.14. The van der Waals surface area contributed by atoms with Crippen molar-refractivity contribution < 1.29 is 13.7 Å². The van der Waals surface area contributed by atoms with Crippen molar-refractivity contribution >= 4 is 28.2 Å². The molecule has 0 fully saturated rings. The molecule has 35 heavy (non-hydrogen) atoms. The molecule has 10 heteroatoms. The van der Waals surface area contributed by atoms with Crippen molar-refractivity contribution in [3.63, 3.8) is 0 Å². The average molecular weight is 470 g/mol. The summed E-state index contributed by atoms with van der Waals surface area (Å²) in [5.41, 5.74) is 4.82. The van der Waals surface area contributed by atoms with Crippen LogP contribution in [0.1, 0.15) is 17.5 Å². The van der Waals surface area contributed by atoms with Crippen molar-refractivity contribution in [2.24, 2.45) is 0 Å². The van der Waals surface area contributed by atoms with E-state index in [4.69, 9.17) is 9.40 Å². The molecule has 0 atom stereocenters. The molecule has 3 aromatic heterocycles. The van der Waals surface area contributed by atoms with Crippen LogP contribution in [0, 0.1) is 22.9 Å². The number of anilines is 2. The minimum Gasteiger partial charge on any atom is -0.444 e. The maximum atomic E-state index is 14.0. The molecule has 0 aliphatic carbocycles. The molecule has 6 rings (SSSR count). The average Bonchev–Trinajstić information content (AvgIpc) is 3.51. The van der Waals surface area contributed by atoms with Gasteiger partial charge in [-0.2, -0.15) is 4.39 Å². The van der Waals surface area contributed by atoms with E-state index in [1.165, 1.54) is 17.3 Å². The van der Waals surface area contributed by atoms with Crippen LogP contribution >= 0.6 is 0 Å². The van der Waals surface area contributed by atoms with Gasteiger partial charge >= 0.3 is 5.69 Å². The summed E-state index contributed by atoms with van der Waals surface area (Å²) in [6.07, 6.45) is 8.82. The summed E-state index contributed by atoms with van der Waals surface area (Å²) in [6, 6.07) is 8.53. The predicted molar refractivity (Wildman–Crippen MR) is 128 cm³/mol. The number of halogens is 1. The van der Waals surface area contributed by atoms with E-state index in [1.54, 1.807) is 19.3 Å². The Morgan fingerprint density at radius 3 is 2.91 bits per heavy atom. The topological polar surface area (TPSA) is 112 Å². The van der Waals surface area contributed by atoms with Gasteiger partial charge in [0.15, 0.2) is 0 Å². The largest absolute Gasteiger partial charge is 0.444 e. The van der Waals surface area contributed by atoms with Gasteiger partial charge in [0, 0.05) is 36.0 Å². The maximum absolute atomic E-state index is 14.0. The van der Waals surface area contributed by atoms with Gasteiger partial charge in [-0.25, -0.2) is 15.0 Å². The molecule has 0 unspecified atom stereocenters. The third kappa shape index (κ3) is 3.50. The summed E-state index contributed by atoms with van der Waals surface area (Å²) in [4.78, 5) is 23.9. The highest BCUT2D eigenvalue weighted by molar-refractivity contribution is 6.00. The number of benzene rings is 2. The molecule has 0 radical (unpaired) electrons. The number of hydrogen-bond acceptors (Lipinski definition) is 7. The van der Waals surface area contributed by atoms with Gasteiger partial charge in [-0.15, -0.1) is 0 Å². The van der Waals surface area contributed by atoms with Crippen molar-refractivity contribution in [2.75, 3.05) is 5.32 Å². The monoisotopic (exact) mass is 470 g/mol. The van der Waals surface area contributed by atoms with Crippen LogP contribution in [0.15, 0.2) is 59.6 Å². The van der Waals surface area contributed by atoms with Gasteiger partial charge in [0.2, 0.25) is 17.7 Å². The van der Waals surface area contributed by atoms with Gasteiger partial charge in [-0.1, -0.05) is 18.2 Å². The fourth-order valence-corrected chi connectivity index (χ4v) is 4.66. The number of aryl methyl sites for hydroxylation is 3. The number of aromatic nitrogens is 4. The zero-order valence-corrected chi connectivity index (χ0v) is 18.7. The summed E-state index contributed by atoms with van der Waals surface area (Å²) >= 11 is 0. The van der Waals surface area contributed by atoms with Gasteiger partial charge in [0.25, 0.3) is 0 Å². The fourth-order valence-electron chi connectivity index (χ4n) is 4.66. The van der Waals surface area contributed by atoms with Crippen LogP contribution in [0.4, 0.5) is 21.7 Å². The standard InChI is InChI=1S/C25H19FN6O3/c1-14-10-19(26)21(32(33)34)11-20(14)29-25-28-12-17(24-27-7-9-35-24)22(30-25)18-13-31-8-3-5-15-4-2-6-16(18)23(15)31/h2,4,6-7,9-13H,3,5,8H2,1H3,(H,28,29,30). The second-order valence-electron chi connectivity index (χ2n) is 8.45. The minimum absolute atomic E-state index is 0.214. The molecule has 0 amide bonds. The van der Waals surface area contributed by atoms with Crippen LogP contribution in [0.2, 0.25) is 0 Å². The van der Waals surface area contributed by atoms with E-state index in [2.05, 4.69) is 38.2 Å². The molecule has 0 saturated carbocycles. The molecule has 0 saturated heterocycles. The number of nitro benzene ring substituents is 1. The molecule has 1 aliphatic heterocycles. The van der Waals surface area contributed by atoms with E-state index in [9.17, 15) is 14.5 Å². The Kier molecular flexibility index (Phi) is 4.80.